The topological polar surface area (TPSA) is 145 Å². The Morgan fingerprint density at radius 3 is 2.62 bits per heavy atom. The number of amides is 1. The van der Waals surface area contributed by atoms with Crippen molar-refractivity contribution in [2.75, 3.05) is 50.1 Å². The van der Waals surface area contributed by atoms with Crippen LogP contribution in [0.3, 0.4) is 0 Å². The summed E-state index contributed by atoms with van der Waals surface area (Å²) in [5.41, 5.74) is 6.12. The molecule has 0 spiro atoms. The molecule has 1 atom stereocenters. The van der Waals surface area contributed by atoms with Crippen LogP contribution in [0, 0.1) is 0 Å². The van der Waals surface area contributed by atoms with Crippen LogP contribution >= 0.6 is 0 Å². The lowest BCUT2D eigenvalue weighted by molar-refractivity contribution is 0.0777. The number of carbonyl (C=O) groups excluding carboxylic acids is 1. The summed E-state index contributed by atoms with van der Waals surface area (Å²) in [5.74, 6) is 1.25. The van der Waals surface area contributed by atoms with Crippen molar-refractivity contribution in [3.63, 3.8) is 0 Å². The zero-order valence-corrected chi connectivity index (χ0v) is 22.0. The average molecular weight is 542 g/mol. The largest absolute Gasteiger partial charge is 0.419 e. The predicted molar refractivity (Wildman–Crippen MR) is 148 cm³/mol. The van der Waals surface area contributed by atoms with E-state index in [9.17, 15) is 9.90 Å². The van der Waals surface area contributed by atoms with Crippen molar-refractivity contribution >= 4 is 17.7 Å². The van der Waals surface area contributed by atoms with Crippen molar-refractivity contribution in [1.82, 2.24) is 35.4 Å². The number of rotatable bonds is 9. The van der Waals surface area contributed by atoms with E-state index in [1.165, 1.54) is 5.01 Å². The number of nitrogens with zero attached hydrogens (tertiary/aromatic N) is 6. The summed E-state index contributed by atoms with van der Waals surface area (Å²) >= 11 is 0. The molecule has 2 aliphatic heterocycles. The van der Waals surface area contributed by atoms with E-state index in [0.29, 0.717) is 35.9 Å². The number of anilines is 2. The Labute approximate surface area is 231 Å². The van der Waals surface area contributed by atoms with Crippen LogP contribution in [0.4, 0.5) is 11.8 Å². The second-order valence-corrected chi connectivity index (χ2v) is 9.75. The van der Waals surface area contributed by atoms with E-state index in [-0.39, 0.29) is 24.4 Å². The fourth-order valence-corrected chi connectivity index (χ4v) is 4.93. The van der Waals surface area contributed by atoms with Gasteiger partial charge in [0, 0.05) is 44.5 Å². The molecule has 206 valence electrons. The zero-order valence-electron chi connectivity index (χ0n) is 22.0. The first-order chi connectivity index (χ1) is 19.7. The number of nitrogens with one attached hydrogen (secondary N) is 3. The fourth-order valence-electron chi connectivity index (χ4n) is 4.93. The monoisotopic (exact) mass is 541 g/mol. The minimum Gasteiger partial charge on any atom is -0.419 e. The first-order valence-electron chi connectivity index (χ1n) is 13.4. The van der Waals surface area contributed by atoms with Gasteiger partial charge in [0.05, 0.1) is 24.8 Å². The Morgan fingerprint density at radius 1 is 1.00 bits per heavy atom. The quantitative estimate of drug-likeness (QED) is 0.247. The van der Waals surface area contributed by atoms with Crippen LogP contribution in [0.2, 0.25) is 0 Å². The molecule has 2 aromatic carbocycles. The van der Waals surface area contributed by atoms with Crippen LogP contribution in [0.1, 0.15) is 33.4 Å². The molecule has 2 aliphatic rings. The second-order valence-electron chi connectivity index (χ2n) is 9.75. The van der Waals surface area contributed by atoms with Crippen LogP contribution in [-0.2, 0) is 13.0 Å². The van der Waals surface area contributed by atoms with Gasteiger partial charge in [0.2, 0.25) is 11.8 Å². The summed E-state index contributed by atoms with van der Waals surface area (Å²) in [6, 6.07) is 16.7. The Balaban J connectivity index is 1.28. The van der Waals surface area contributed by atoms with E-state index in [2.05, 4.69) is 41.1 Å². The molecule has 4 heterocycles. The molecule has 1 amide bonds. The van der Waals surface area contributed by atoms with Crippen LogP contribution < -0.4 is 16.1 Å². The maximum atomic E-state index is 13.1. The van der Waals surface area contributed by atoms with Gasteiger partial charge in [-0.15, -0.1) is 10.2 Å². The number of aliphatic hydroxyl groups excluding tert-OH is 1. The van der Waals surface area contributed by atoms with Crippen LogP contribution in [-0.4, -0.2) is 80.4 Å². The number of fused-ring (bicyclic) bond motifs is 1. The molecular weight excluding hydrogens is 510 g/mol. The van der Waals surface area contributed by atoms with E-state index in [1.807, 2.05) is 54.6 Å². The Morgan fingerprint density at radius 2 is 1.80 bits per heavy atom. The van der Waals surface area contributed by atoms with Crippen LogP contribution in [0.25, 0.3) is 11.5 Å². The predicted octanol–water partition coefficient (Wildman–Crippen LogP) is 2.10. The van der Waals surface area contributed by atoms with Gasteiger partial charge in [-0.2, -0.15) is 4.98 Å². The fraction of sp³-hybridized carbons (Fsp3) is 0.321. The van der Waals surface area contributed by atoms with Gasteiger partial charge in [-0.05, 0) is 23.6 Å². The van der Waals surface area contributed by atoms with Crippen molar-refractivity contribution < 1.29 is 14.3 Å². The summed E-state index contributed by atoms with van der Waals surface area (Å²) in [5, 5.41) is 26.9. The standard InChI is InChI=1S/C28H31N9O3/c38-18-23(20-7-2-1-3-8-20)31-25-22(26-34-33-24(40-26)17-36-14-11-29-12-15-36)16-30-28(32-25)35-37-13-10-19-6-4-5-9-21(19)27(37)39/h1-9,16,23,29,38H,10-15,17-18H2,(H2,30,31,32,35)/t23-/m1/s1. The number of aliphatic hydroxyl groups is 1. The molecule has 0 saturated carbocycles. The SMILES string of the molecule is O=C1c2ccccc2CCN1Nc1ncc(-c2nnc(CN3CCNCC3)o2)c(N[C@H](CO)c2ccccc2)n1. The van der Waals surface area contributed by atoms with Crippen molar-refractivity contribution in [3.8, 4) is 11.5 Å². The minimum absolute atomic E-state index is 0.143. The first-order valence-corrected chi connectivity index (χ1v) is 13.4. The van der Waals surface area contributed by atoms with Gasteiger partial charge in [0.15, 0.2) is 0 Å². The van der Waals surface area contributed by atoms with Crippen molar-refractivity contribution in [1.29, 1.82) is 0 Å². The smallest absolute Gasteiger partial charge is 0.272 e. The van der Waals surface area contributed by atoms with Crippen molar-refractivity contribution in [2.45, 2.75) is 19.0 Å². The van der Waals surface area contributed by atoms with Gasteiger partial charge in [0.25, 0.3) is 11.8 Å². The number of carbonyl (C=O) groups is 1. The van der Waals surface area contributed by atoms with E-state index >= 15 is 0 Å². The molecule has 0 aliphatic carbocycles. The van der Waals surface area contributed by atoms with Gasteiger partial charge >= 0.3 is 0 Å². The lowest BCUT2D eigenvalue weighted by atomic mass is 10.0. The average Bonchev–Trinajstić information content (AvgIpc) is 3.46. The maximum Gasteiger partial charge on any atom is 0.272 e. The Hall–Kier alpha value is -4.39. The van der Waals surface area contributed by atoms with Crippen molar-refractivity contribution in [3.05, 3.63) is 83.4 Å². The van der Waals surface area contributed by atoms with Crippen LogP contribution in [0.5, 0.6) is 0 Å². The summed E-state index contributed by atoms with van der Waals surface area (Å²) in [7, 11) is 0. The zero-order chi connectivity index (χ0) is 27.3. The third-order valence-corrected chi connectivity index (χ3v) is 7.08. The Bertz CT molecular complexity index is 1460. The first kappa shape index (κ1) is 25.9. The van der Waals surface area contributed by atoms with Gasteiger partial charge < -0.3 is 20.2 Å². The molecule has 2 aromatic heterocycles. The van der Waals surface area contributed by atoms with Gasteiger partial charge in [0.1, 0.15) is 5.82 Å². The highest BCUT2D eigenvalue weighted by atomic mass is 16.4. The molecule has 1 saturated heterocycles. The number of aromatic nitrogens is 4. The maximum absolute atomic E-state index is 13.1. The summed E-state index contributed by atoms with van der Waals surface area (Å²) in [6.45, 7) is 4.52. The molecule has 1 fully saturated rings. The van der Waals surface area contributed by atoms with Crippen molar-refractivity contribution in [2.24, 2.45) is 0 Å². The minimum atomic E-state index is -0.450. The number of benzene rings is 2. The number of hydrogen-bond donors (Lipinski definition) is 4. The molecule has 4 aromatic rings. The number of hydrogen-bond acceptors (Lipinski definition) is 11. The third-order valence-electron chi connectivity index (χ3n) is 7.08. The number of piperazine rings is 1. The lowest BCUT2D eigenvalue weighted by Crippen LogP contribution is -2.42. The van der Waals surface area contributed by atoms with Crippen LogP contribution in [0.15, 0.2) is 65.2 Å². The van der Waals surface area contributed by atoms with Gasteiger partial charge in [-0.1, -0.05) is 48.5 Å². The second kappa shape index (κ2) is 11.8. The van der Waals surface area contributed by atoms with E-state index in [4.69, 9.17) is 4.42 Å². The summed E-state index contributed by atoms with van der Waals surface area (Å²) in [6.07, 6.45) is 2.30. The normalized spacial score (nSPS) is 16.4. The van der Waals surface area contributed by atoms with Gasteiger partial charge in [-0.3, -0.25) is 15.1 Å². The Kier molecular flexibility index (Phi) is 7.62. The molecule has 0 radical (unpaired) electrons. The third kappa shape index (κ3) is 5.64. The number of hydrazine groups is 1. The molecule has 0 bridgehead atoms. The molecule has 0 unspecified atom stereocenters. The highest BCUT2D eigenvalue weighted by Crippen LogP contribution is 2.30. The molecule has 40 heavy (non-hydrogen) atoms. The molecule has 6 rings (SSSR count). The molecular formula is C28H31N9O3. The molecule has 4 N–H and O–H groups in total. The van der Waals surface area contributed by atoms with E-state index in [0.717, 1.165) is 43.7 Å². The highest BCUT2D eigenvalue weighted by molar-refractivity contribution is 5.97. The van der Waals surface area contributed by atoms with Gasteiger partial charge in [-0.25, -0.2) is 9.99 Å². The molecule has 12 heteroatoms. The summed E-state index contributed by atoms with van der Waals surface area (Å²) < 4.78 is 6.03. The highest BCUT2D eigenvalue weighted by Gasteiger charge is 2.26. The molecule has 12 nitrogen and oxygen atoms in total. The lowest BCUT2D eigenvalue weighted by Gasteiger charge is -2.28. The van der Waals surface area contributed by atoms with E-state index in [1.54, 1.807) is 6.20 Å². The van der Waals surface area contributed by atoms with E-state index < -0.39 is 6.04 Å². The summed E-state index contributed by atoms with van der Waals surface area (Å²) in [4.78, 5) is 24.5.